The van der Waals surface area contributed by atoms with Crippen LogP contribution in [0.4, 0.5) is 0 Å². The van der Waals surface area contributed by atoms with Crippen LogP contribution in [-0.2, 0) is 0 Å². The third-order valence-electron chi connectivity index (χ3n) is 3.64. The second-order valence-electron chi connectivity index (χ2n) is 5.09. The maximum absolute atomic E-state index is 5.81. The van der Waals surface area contributed by atoms with Gasteiger partial charge >= 0.3 is 0 Å². The van der Waals surface area contributed by atoms with Crippen molar-refractivity contribution in [2.45, 2.75) is 45.1 Å². The second kappa shape index (κ2) is 8.00. The molecule has 1 aromatic carbocycles. The van der Waals surface area contributed by atoms with Crippen molar-refractivity contribution in [2.24, 2.45) is 0 Å². The highest BCUT2D eigenvalue weighted by Gasteiger charge is 2.15. The van der Waals surface area contributed by atoms with Gasteiger partial charge in [-0.3, -0.25) is 0 Å². The molecular formula is C17H25NO. The van der Waals surface area contributed by atoms with Gasteiger partial charge in [-0.15, -0.1) is 0 Å². The van der Waals surface area contributed by atoms with E-state index in [1.54, 1.807) is 5.57 Å². The van der Waals surface area contributed by atoms with Crippen LogP contribution in [0.2, 0.25) is 0 Å². The quantitative estimate of drug-likeness (QED) is 0.749. The van der Waals surface area contributed by atoms with E-state index in [4.69, 9.17) is 4.74 Å². The van der Waals surface area contributed by atoms with E-state index in [0.29, 0.717) is 6.04 Å². The lowest BCUT2D eigenvalue weighted by atomic mass is 9.92. The molecule has 19 heavy (non-hydrogen) atoms. The van der Waals surface area contributed by atoms with Crippen LogP contribution in [0.1, 0.15) is 39.0 Å². The monoisotopic (exact) mass is 259 g/mol. The van der Waals surface area contributed by atoms with Crippen LogP contribution in [0.3, 0.4) is 0 Å². The van der Waals surface area contributed by atoms with Crippen LogP contribution in [0.15, 0.2) is 42.0 Å². The van der Waals surface area contributed by atoms with Crippen molar-refractivity contribution >= 4 is 0 Å². The smallest absolute Gasteiger partial charge is 0.119 e. The van der Waals surface area contributed by atoms with Crippen molar-refractivity contribution in [3.05, 3.63) is 42.0 Å². The summed E-state index contributed by atoms with van der Waals surface area (Å²) in [6, 6.07) is 10.6. The molecule has 2 nitrogen and oxygen atoms in total. The maximum Gasteiger partial charge on any atom is 0.119 e. The summed E-state index contributed by atoms with van der Waals surface area (Å²) in [6.45, 7) is 3.97. The van der Waals surface area contributed by atoms with Gasteiger partial charge < -0.3 is 10.1 Å². The second-order valence-corrected chi connectivity index (χ2v) is 5.09. The number of rotatable bonds is 7. The Morgan fingerprint density at radius 1 is 1.21 bits per heavy atom. The normalized spacial score (nSPS) is 16.8. The van der Waals surface area contributed by atoms with Gasteiger partial charge in [0.25, 0.3) is 0 Å². The molecule has 0 aromatic heterocycles. The Morgan fingerprint density at radius 3 is 2.74 bits per heavy atom. The topological polar surface area (TPSA) is 21.3 Å². The molecule has 1 unspecified atom stereocenters. The molecule has 0 amide bonds. The summed E-state index contributed by atoms with van der Waals surface area (Å²) in [5.74, 6) is 0.968. The zero-order chi connectivity index (χ0) is 13.3. The zero-order valence-corrected chi connectivity index (χ0v) is 11.9. The Hall–Kier alpha value is -1.28. The number of nitrogens with one attached hydrogen (secondary N) is 1. The summed E-state index contributed by atoms with van der Waals surface area (Å²) in [5.41, 5.74) is 1.59. The summed E-state index contributed by atoms with van der Waals surface area (Å²) >= 11 is 0. The number of benzene rings is 1. The molecule has 1 aliphatic rings. The molecule has 0 spiro atoms. The average Bonchev–Trinajstić information content (AvgIpc) is 2.48. The van der Waals surface area contributed by atoms with Crippen molar-refractivity contribution in [1.82, 2.24) is 5.32 Å². The first-order valence-corrected chi connectivity index (χ1v) is 7.50. The first kappa shape index (κ1) is 14.1. The van der Waals surface area contributed by atoms with E-state index >= 15 is 0 Å². The van der Waals surface area contributed by atoms with Gasteiger partial charge in [0, 0.05) is 12.5 Å². The SMILES string of the molecule is CCNC(CCOc1ccccc1)C1=CCCCC1. The van der Waals surface area contributed by atoms with Gasteiger partial charge in [0.05, 0.1) is 6.61 Å². The van der Waals surface area contributed by atoms with Gasteiger partial charge in [-0.05, 0) is 44.4 Å². The average molecular weight is 259 g/mol. The molecule has 104 valence electrons. The van der Waals surface area contributed by atoms with Crippen LogP contribution < -0.4 is 10.1 Å². The predicted molar refractivity (Wildman–Crippen MR) is 80.6 cm³/mol. The molecule has 1 atom stereocenters. The fourth-order valence-corrected chi connectivity index (χ4v) is 2.66. The fraction of sp³-hybridized carbons (Fsp3) is 0.529. The lowest BCUT2D eigenvalue weighted by Gasteiger charge is -2.24. The lowest BCUT2D eigenvalue weighted by molar-refractivity contribution is 0.292. The van der Waals surface area contributed by atoms with Gasteiger partial charge in [0.2, 0.25) is 0 Å². The van der Waals surface area contributed by atoms with E-state index in [2.05, 4.69) is 18.3 Å². The molecule has 0 bridgehead atoms. The molecule has 0 aliphatic heterocycles. The highest BCUT2D eigenvalue weighted by atomic mass is 16.5. The molecule has 0 saturated carbocycles. The highest BCUT2D eigenvalue weighted by molar-refractivity contribution is 5.21. The third kappa shape index (κ3) is 4.71. The predicted octanol–water partition coefficient (Wildman–Crippen LogP) is 3.93. The zero-order valence-electron chi connectivity index (χ0n) is 11.9. The Morgan fingerprint density at radius 2 is 2.05 bits per heavy atom. The molecule has 0 radical (unpaired) electrons. The molecule has 0 saturated heterocycles. The van der Waals surface area contributed by atoms with E-state index in [9.17, 15) is 0 Å². The summed E-state index contributed by atoms with van der Waals surface area (Å²) < 4.78 is 5.81. The number of ether oxygens (including phenoxy) is 1. The maximum atomic E-state index is 5.81. The molecule has 2 heteroatoms. The number of para-hydroxylation sites is 1. The van der Waals surface area contributed by atoms with Gasteiger partial charge in [0.1, 0.15) is 5.75 Å². The Labute approximate surface area is 116 Å². The summed E-state index contributed by atoms with van der Waals surface area (Å²) in [6.07, 6.45) is 8.67. The Kier molecular flexibility index (Phi) is 5.96. The molecule has 1 aliphatic carbocycles. The standard InChI is InChI=1S/C17H25NO/c1-2-18-17(15-9-5-3-6-10-15)13-14-19-16-11-7-4-8-12-16/h4,7-9,11-12,17-18H,2-3,5-6,10,13-14H2,1H3. The number of likely N-dealkylation sites (N-methyl/N-ethyl adjacent to an activating group) is 1. The van der Waals surface area contributed by atoms with Gasteiger partial charge in [0.15, 0.2) is 0 Å². The van der Waals surface area contributed by atoms with Crippen molar-refractivity contribution in [3.8, 4) is 5.75 Å². The van der Waals surface area contributed by atoms with Crippen molar-refractivity contribution in [1.29, 1.82) is 0 Å². The van der Waals surface area contributed by atoms with Crippen LogP contribution in [0, 0.1) is 0 Å². The van der Waals surface area contributed by atoms with E-state index in [1.165, 1.54) is 25.7 Å². The fourth-order valence-electron chi connectivity index (χ4n) is 2.66. The van der Waals surface area contributed by atoms with Gasteiger partial charge in [-0.25, -0.2) is 0 Å². The number of hydrogen-bond acceptors (Lipinski definition) is 2. The molecule has 2 rings (SSSR count). The van der Waals surface area contributed by atoms with Gasteiger partial charge in [-0.2, -0.15) is 0 Å². The first-order valence-electron chi connectivity index (χ1n) is 7.50. The third-order valence-corrected chi connectivity index (χ3v) is 3.64. The van der Waals surface area contributed by atoms with Crippen LogP contribution in [0.25, 0.3) is 0 Å². The van der Waals surface area contributed by atoms with E-state index < -0.39 is 0 Å². The molecule has 0 fully saturated rings. The Bertz CT molecular complexity index is 386. The van der Waals surface area contributed by atoms with Gasteiger partial charge in [-0.1, -0.05) is 36.8 Å². The van der Waals surface area contributed by atoms with Crippen LogP contribution in [-0.4, -0.2) is 19.2 Å². The van der Waals surface area contributed by atoms with Crippen molar-refractivity contribution in [3.63, 3.8) is 0 Å². The highest BCUT2D eigenvalue weighted by Crippen LogP contribution is 2.22. The van der Waals surface area contributed by atoms with E-state index in [-0.39, 0.29) is 0 Å². The minimum atomic E-state index is 0.494. The van der Waals surface area contributed by atoms with Crippen molar-refractivity contribution in [2.75, 3.05) is 13.2 Å². The molecule has 0 heterocycles. The summed E-state index contributed by atoms with van der Waals surface area (Å²) in [5, 5.41) is 3.59. The van der Waals surface area contributed by atoms with E-state index in [1.807, 2.05) is 30.3 Å². The minimum absolute atomic E-state index is 0.494. The lowest BCUT2D eigenvalue weighted by Crippen LogP contribution is -2.33. The number of hydrogen-bond donors (Lipinski definition) is 1. The summed E-state index contributed by atoms with van der Waals surface area (Å²) in [4.78, 5) is 0. The minimum Gasteiger partial charge on any atom is -0.494 e. The summed E-state index contributed by atoms with van der Waals surface area (Å²) in [7, 11) is 0. The van der Waals surface area contributed by atoms with E-state index in [0.717, 1.165) is 25.3 Å². The first-order chi connectivity index (χ1) is 9.40. The number of allylic oxidation sites excluding steroid dienone is 1. The molecule has 1 aromatic rings. The van der Waals surface area contributed by atoms with Crippen LogP contribution >= 0.6 is 0 Å². The Balaban J connectivity index is 1.81. The van der Waals surface area contributed by atoms with Crippen molar-refractivity contribution < 1.29 is 4.74 Å². The molecular weight excluding hydrogens is 234 g/mol. The molecule has 1 N–H and O–H groups in total. The largest absolute Gasteiger partial charge is 0.494 e. The van der Waals surface area contributed by atoms with Crippen LogP contribution in [0.5, 0.6) is 5.75 Å².